The Kier molecular flexibility index (Phi) is 6.21. The zero-order valence-corrected chi connectivity index (χ0v) is 14.6. The number of benzene rings is 2. The molecule has 1 N–H and O–H groups in total. The molecule has 0 spiro atoms. The lowest BCUT2D eigenvalue weighted by Crippen LogP contribution is -2.24. The summed E-state index contributed by atoms with van der Waals surface area (Å²) in [4.78, 5) is 11.8. The summed E-state index contributed by atoms with van der Waals surface area (Å²) in [6.45, 7) is 3.68. The van der Waals surface area contributed by atoms with Gasteiger partial charge < -0.3 is 9.47 Å². The number of carbonyl (C=O) groups is 1. The third-order valence-corrected chi connectivity index (χ3v) is 3.55. The van der Waals surface area contributed by atoms with Gasteiger partial charge >= 0.3 is 0 Å². The van der Waals surface area contributed by atoms with E-state index in [0.29, 0.717) is 10.8 Å². The van der Waals surface area contributed by atoms with Gasteiger partial charge in [0, 0.05) is 5.02 Å². The topological polar surface area (TPSA) is 59.9 Å². The molecule has 2 aromatic carbocycles. The van der Waals surface area contributed by atoms with Gasteiger partial charge in [-0.05, 0) is 66.9 Å². The molecule has 0 aliphatic rings. The summed E-state index contributed by atoms with van der Waals surface area (Å²) in [5.41, 5.74) is 5.16. The lowest BCUT2D eigenvalue weighted by Gasteiger charge is -2.08. The summed E-state index contributed by atoms with van der Waals surface area (Å²) in [6.07, 6.45) is 1.57. The largest absolute Gasteiger partial charge is 0.496 e. The number of ether oxygens (including phenoxy) is 2. The highest BCUT2D eigenvalue weighted by Gasteiger charge is 2.04. The van der Waals surface area contributed by atoms with Gasteiger partial charge in [0.25, 0.3) is 5.91 Å². The van der Waals surface area contributed by atoms with Crippen molar-refractivity contribution in [1.29, 1.82) is 0 Å². The summed E-state index contributed by atoms with van der Waals surface area (Å²) in [6, 6.07) is 10.8. The van der Waals surface area contributed by atoms with Gasteiger partial charge in [-0.25, -0.2) is 5.43 Å². The third-order valence-electron chi connectivity index (χ3n) is 3.32. The van der Waals surface area contributed by atoms with E-state index < -0.39 is 0 Å². The van der Waals surface area contributed by atoms with E-state index in [0.717, 1.165) is 22.4 Å². The number of rotatable bonds is 6. The van der Waals surface area contributed by atoms with E-state index in [4.69, 9.17) is 21.1 Å². The Labute approximate surface area is 146 Å². The molecule has 0 radical (unpaired) electrons. The van der Waals surface area contributed by atoms with Crippen molar-refractivity contribution in [3.8, 4) is 11.5 Å². The van der Waals surface area contributed by atoms with Crippen LogP contribution in [0.25, 0.3) is 0 Å². The van der Waals surface area contributed by atoms with Crippen LogP contribution in [0.3, 0.4) is 0 Å². The third kappa shape index (κ3) is 4.99. The number of nitrogens with zero attached hydrogens (tertiary/aromatic N) is 1. The molecular weight excluding hydrogens is 328 g/mol. The second-order valence-corrected chi connectivity index (χ2v) is 5.66. The van der Waals surface area contributed by atoms with Crippen LogP contribution in [0, 0.1) is 13.8 Å². The summed E-state index contributed by atoms with van der Waals surface area (Å²) in [5.74, 6) is 1.08. The molecule has 0 saturated heterocycles. The maximum absolute atomic E-state index is 11.8. The molecule has 1 amide bonds. The van der Waals surface area contributed by atoms with Crippen LogP contribution in [0.15, 0.2) is 41.5 Å². The SMILES string of the molecule is COc1ccc(C=NNC(=O)COc2ccc(Cl)cc2C)cc1C. The lowest BCUT2D eigenvalue weighted by molar-refractivity contribution is -0.123. The van der Waals surface area contributed by atoms with Crippen molar-refractivity contribution < 1.29 is 14.3 Å². The van der Waals surface area contributed by atoms with Gasteiger partial charge in [-0.2, -0.15) is 5.10 Å². The molecule has 5 nitrogen and oxygen atoms in total. The zero-order valence-electron chi connectivity index (χ0n) is 13.8. The molecule has 126 valence electrons. The van der Waals surface area contributed by atoms with Gasteiger partial charge in [0.05, 0.1) is 13.3 Å². The summed E-state index contributed by atoms with van der Waals surface area (Å²) >= 11 is 5.87. The standard InChI is InChI=1S/C18H19ClN2O3/c1-12-8-14(4-6-16(12)23-3)10-20-21-18(22)11-24-17-7-5-15(19)9-13(17)2/h4-10H,11H2,1-3H3,(H,21,22). The van der Waals surface area contributed by atoms with E-state index in [1.165, 1.54) is 0 Å². The average Bonchev–Trinajstić information content (AvgIpc) is 2.54. The minimum atomic E-state index is -0.342. The molecule has 2 aromatic rings. The van der Waals surface area contributed by atoms with Crippen molar-refractivity contribution in [1.82, 2.24) is 5.43 Å². The molecule has 0 aliphatic carbocycles. The molecule has 0 aromatic heterocycles. The molecule has 0 aliphatic heterocycles. The number of nitrogens with one attached hydrogen (secondary N) is 1. The molecule has 0 heterocycles. The monoisotopic (exact) mass is 346 g/mol. The van der Waals surface area contributed by atoms with Crippen LogP contribution in [0.4, 0.5) is 0 Å². The van der Waals surface area contributed by atoms with Crippen LogP contribution in [-0.4, -0.2) is 25.8 Å². The highest BCUT2D eigenvalue weighted by molar-refractivity contribution is 6.30. The van der Waals surface area contributed by atoms with E-state index in [1.54, 1.807) is 31.5 Å². The number of carbonyl (C=O) groups excluding carboxylic acids is 1. The number of hydrogen-bond donors (Lipinski definition) is 1. The van der Waals surface area contributed by atoms with Crippen LogP contribution in [0.5, 0.6) is 11.5 Å². The van der Waals surface area contributed by atoms with Gasteiger partial charge in [0.15, 0.2) is 6.61 Å². The molecule has 0 bridgehead atoms. The Hall–Kier alpha value is -2.53. The van der Waals surface area contributed by atoms with Crippen LogP contribution < -0.4 is 14.9 Å². The molecule has 0 saturated carbocycles. The lowest BCUT2D eigenvalue weighted by atomic mass is 10.1. The molecular formula is C18H19ClN2O3. The maximum Gasteiger partial charge on any atom is 0.277 e. The van der Waals surface area contributed by atoms with Gasteiger partial charge in [-0.15, -0.1) is 0 Å². The van der Waals surface area contributed by atoms with E-state index in [1.807, 2.05) is 32.0 Å². The van der Waals surface area contributed by atoms with E-state index >= 15 is 0 Å². The molecule has 0 atom stereocenters. The summed E-state index contributed by atoms with van der Waals surface area (Å²) in [5, 5.41) is 4.55. The zero-order chi connectivity index (χ0) is 17.5. The second-order valence-electron chi connectivity index (χ2n) is 5.22. The van der Waals surface area contributed by atoms with Crippen molar-refractivity contribution >= 4 is 23.7 Å². The van der Waals surface area contributed by atoms with Crippen LogP contribution in [-0.2, 0) is 4.79 Å². The minimum absolute atomic E-state index is 0.124. The van der Waals surface area contributed by atoms with Crippen molar-refractivity contribution in [2.24, 2.45) is 5.10 Å². The Bertz CT molecular complexity index is 760. The van der Waals surface area contributed by atoms with Gasteiger partial charge in [0.2, 0.25) is 0 Å². The van der Waals surface area contributed by atoms with E-state index in [-0.39, 0.29) is 12.5 Å². The first kappa shape index (κ1) is 17.8. The molecule has 24 heavy (non-hydrogen) atoms. The fourth-order valence-electron chi connectivity index (χ4n) is 2.11. The van der Waals surface area contributed by atoms with Crippen molar-refractivity contribution in [3.05, 3.63) is 58.1 Å². The first-order valence-corrected chi connectivity index (χ1v) is 7.73. The predicted octanol–water partition coefficient (Wildman–Crippen LogP) is 3.49. The van der Waals surface area contributed by atoms with E-state index in [9.17, 15) is 4.79 Å². The van der Waals surface area contributed by atoms with Crippen LogP contribution in [0.2, 0.25) is 5.02 Å². The normalized spacial score (nSPS) is 10.7. The summed E-state index contributed by atoms with van der Waals surface area (Å²) < 4.78 is 10.6. The van der Waals surface area contributed by atoms with Gasteiger partial charge in [-0.3, -0.25) is 4.79 Å². The van der Waals surface area contributed by atoms with Crippen LogP contribution >= 0.6 is 11.6 Å². The number of methoxy groups -OCH3 is 1. The maximum atomic E-state index is 11.8. The fraction of sp³-hybridized carbons (Fsp3) is 0.222. The van der Waals surface area contributed by atoms with Gasteiger partial charge in [-0.1, -0.05) is 11.6 Å². The number of aryl methyl sites for hydroxylation is 2. The quantitative estimate of drug-likeness (QED) is 0.643. The molecule has 6 heteroatoms. The Morgan fingerprint density at radius 3 is 2.54 bits per heavy atom. The van der Waals surface area contributed by atoms with Gasteiger partial charge in [0.1, 0.15) is 11.5 Å². The Morgan fingerprint density at radius 1 is 1.17 bits per heavy atom. The second kappa shape index (κ2) is 8.36. The number of amides is 1. The average molecular weight is 347 g/mol. The first-order valence-electron chi connectivity index (χ1n) is 7.35. The van der Waals surface area contributed by atoms with Crippen molar-refractivity contribution in [2.75, 3.05) is 13.7 Å². The molecule has 2 rings (SSSR count). The number of hydrogen-bond acceptors (Lipinski definition) is 4. The summed E-state index contributed by atoms with van der Waals surface area (Å²) in [7, 11) is 1.62. The van der Waals surface area contributed by atoms with E-state index in [2.05, 4.69) is 10.5 Å². The first-order chi connectivity index (χ1) is 11.5. The minimum Gasteiger partial charge on any atom is -0.496 e. The van der Waals surface area contributed by atoms with Crippen molar-refractivity contribution in [2.45, 2.75) is 13.8 Å². The molecule has 0 fully saturated rings. The Morgan fingerprint density at radius 2 is 1.88 bits per heavy atom. The number of halogens is 1. The molecule has 0 unspecified atom stereocenters. The Balaban J connectivity index is 1.85. The predicted molar refractivity (Wildman–Crippen MR) is 95.2 cm³/mol. The fourth-order valence-corrected chi connectivity index (χ4v) is 2.34. The van der Waals surface area contributed by atoms with Crippen molar-refractivity contribution in [3.63, 3.8) is 0 Å². The highest BCUT2D eigenvalue weighted by atomic mass is 35.5. The highest BCUT2D eigenvalue weighted by Crippen LogP contribution is 2.21. The smallest absolute Gasteiger partial charge is 0.277 e. The number of hydrazone groups is 1. The van der Waals surface area contributed by atoms with Crippen LogP contribution in [0.1, 0.15) is 16.7 Å².